The number of amides is 2. The summed E-state index contributed by atoms with van der Waals surface area (Å²) in [5, 5.41) is 2.95. The number of fused-ring (bicyclic) bond motifs is 1. The summed E-state index contributed by atoms with van der Waals surface area (Å²) < 4.78 is 7.37. The molecular formula is C29H27BrN4O4. The number of nitrogens with zero attached hydrogens (tertiary/aromatic N) is 3. The lowest BCUT2D eigenvalue weighted by molar-refractivity contribution is 0.0599. The van der Waals surface area contributed by atoms with Gasteiger partial charge >= 0.3 is 5.97 Å². The van der Waals surface area contributed by atoms with Gasteiger partial charge in [0.2, 0.25) is 0 Å². The van der Waals surface area contributed by atoms with Gasteiger partial charge in [0.05, 0.1) is 18.9 Å². The van der Waals surface area contributed by atoms with Crippen molar-refractivity contribution in [3.05, 3.63) is 99.4 Å². The van der Waals surface area contributed by atoms with Crippen molar-refractivity contribution in [3.8, 4) is 0 Å². The van der Waals surface area contributed by atoms with Crippen LogP contribution in [0.2, 0.25) is 0 Å². The number of carbonyl (C=O) groups is 3. The van der Waals surface area contributed by atoms with E-state index in [0.29, 0.717) is 47.2 Å². The molecule has 2 aromatic heterocycles. The number of pyridine rings is 1. The highest BCUT2D eigenvalue weighted by Gasteiger charge is 2.26. The Kier molecular flexibility index (Phi) is 7.28. The first-order valence-electron chi connectivity index (χ1n) is 12.4. The summed E-state index contributed by atoms with van der Waals surface area (Å²) in [6.45, 7) is 3.15. The van der Waals surface area contributed by atoms with Gasteiger partial charge in [0.15, 0.2) is 0 Å². The predicted octanol–water partition coefficient (Wildman–Crippen LogP) is 5.46. The molecule has 0 spiro atoms. The molecule has 8 nitrogen and oxygen atoms in total. The molecule has 1 N–H and O–H groups in total. The Balaban J connectivity index is 1.19. The average Bonchev–Trinajstić information content (AvgIpc) is 3.36. The Morgan fingerprint density at radius 1 is 1.03 bits per heavy atom. The Bertz CT molecular complexity index is 1520. The van der Waals surface area contributed by atoms with Gasteiger partial charge in [-0.3, -0.25) is 14.0 Å². The van der Waals surface area contributed by atoms with E-state index in [1.807, 2.05) is 54.4 Å². The minimum absolute atomic E-state index is 0.0187. The number of benzene rings is 2. The highest BCUT2D eigenvalue weighted by atomic mass is 79.9. The topological polar surface area (TPSA) is 93.0 Å². The van der Waals surface area contributed by atoms with Crippen LogP contribution in [0, 0.1) is 6.92 Å². The van der Waals surface area contributed by atoms with Crippen molar-refractivity contribution >= 4 is 45.0 Å². The van der Waals surface area contributed by atoms with Gasteiger partial charge in [-0.15, -0.1) is 0 Å². The van der Waals surface area contributed by atoms with Crippen LogP contribution in [0.5, 0.6) is 0 Å². The molecule has 0 radical (unpaired) electrons. The Labute approximate surface area is 228 Å². The van der Waals surface area contributed by atoms with E-state index in [9.17, 15) is 14.4 Å². The fourth-order valence-corrected chi connectivity index (χ4v) is 5.23. The number of ether oxygens (including phenoxy) is 1. The fourth-order valence-electron chi connectivity index (χ4n) is 4.89. The molecule has 0 unspecified atom stereocenters. The molecule has 38 heavy (non-hydrogen) atoms. The third kappa shape index (κ3) is 5.19. The molecule has 1 fully saturated rings. The molecule has 0 saturated carbocycles. The van der Waals surface area contributed by atoms with Gasteiger partial charge in [-0.25, -0.2) is 9.78 Å². The molecule has 194 valence electrons. The molecule has 5 rings (SSSR count). The molecule has 2 amide bonds. The van der Waals surface area contributed by atoms with Crippen LogP contribution in [-0.2, 0) is 4.74 Å². The fraction of sp³-hybridized carbons (Fsp3) is 0.241. The molecule has 1 aliphatic heterocycles. The van der Waals surface area contributed by atoms with Crippen molar-refractivity contribution in [2.45, 2.75) is 25.7 Å². The maximum Gasteiger partial charge on any atom is 0.337 e. The number of aryl methyl sites for hydroxylation is 1. The molecule has 9 heteroatoms. The van der Waals surface area contributed by atoms with Crippen LogP contribution >= 0.6 is 15.9 Å². The molecule has 0 bridgehead atoms. The minimum atomic E-state index is -0.415. The zero-order chi connectivity index (χ0) is 26.8. The van der Waals surface area contributed by atoms with Gasteiger partial charge < -0.3 is 15.0 Å². The second-order valence-corrected chi connectivity index (χ2v) is 10.3. The first-order valence-corrected chi connectivity index (χ1v) is 13.2. The zero-order valence-corrected chi connectivity index (χ0v) is 22.7. The van der Waals surface area contributed by atoms with Crippen LogP contribution in [0.4, 0.5) is 5.69 Å². The van der Waals surface area contributed by atoms with Gasteiger partial charge in [0, 0.05) is 35.0 Å². The van der Waals surface area contributed by atoms with E-state index >= 15 is 0 Å². The quantitative estimate of drug-likeness (QED) is 0.319. The molecular weight excluding hydrogens is 548 g/mol. The first-order chi connectivity index (χ1) is 18.3. The van der Waals surface area contributed by atoms with Crippen molar-refractivity contribution in [3.63, 3.8) is 0 Å². The highest BCUT2D eigenvalue weighted by Crippen LogP contribution is 2.30. The minimum Gasteiger partial charge on any atom is -0.465 e. The lowest BCUT2D eigenvalue weighted by Crippen LogP contribution is -2.38. The van der Waals surface area contributed by atoms with Crippen LogP contribution in [0.15, 0.2) is 71.5 Å². The lowest BCUT2D eigenvalue weighted by atomic mass is 9.89. The number of esters is 1. The van der Waals surface area contributed by atoms with Gasteiger partial charge in [-0.1, -0.05) is 12.1 Å². The van der Waals surface area contributed by atoms with Crippen LogP contribution < -0.4 is 5.32 Å². The number of hydrogen-bond donors (Lipinski definition) is 1. The maximum absolute atomic E-state index is 13.1. The molecule has 3 heterocycles. The van der Waals surface area contributed by atoms with Crippen molar-refractivity contribution in [1.29, 1.82) is 0 Å². The van der Waals surface area contributed by atoms with E-state index in [2.05, 4.69) is 26.2 Å². The normalized spacial score (nSPS) is 13.9. The number of halogens is 1. The van der Waals surface area contributed by atoms with E-state index < -0.39 is 5.97 Å². The number of hydrogen-bond acceptors (Lipinski definition) is 5. The van der Waals surface area contributed by atoms with E-state index in [-0.39, 0.29) is 11.8 Å². The van der Waals surface area contributed by atoms with Crippen LogP contribution in [0.3, 0.4) is 0 Å². The molecule has 0 aliphatic carbocycles. The van der Waals surface area contributed by atoms with Crippen molar-refractivity contribution in [2.75, 3.05) is 25.5 Å². The van der Waals surface area contributed by atoms with E-state index in [4.69, 9.17) is 4.74 Å². The van der Waals surface area contributed by atoms with Crippen LogP contribution in [0.25, 0.3) is 5.65 Å². The van der Waals surface area contributed by atoms with E-state index in [0.717, 1.165) is 22.9 Å². The molecule has 2 aromatic carbocycles. The smallest absolute Gasteiger partial charge is 0.337 e. The maximum atomic E-state index is 13.1. The highest BCUT2D eigenvalue weighted by molar-refractivity contribution is 9.10. The number of aromatic nitrogens is 2. The molecule has 4 aromatic rings. The summed E-state index contributed by atoms with van der Waals surface area (Å²) in [5.74, 6) is -0.329. The number of methoxy groups -OCH3 is 1. The number of anilines is 1. The van der Waals surface area contributed by atoms with Gasteiger partial charge in [-0.2, -0.15) is 0 Å². The average molecular weight is 575 g/mol. The summed E-state index contributed by atoms with van der Waals surface area (Å²) in [4.78, 5) is 43.9. The van der Waals surface area contributed by atoms with Crippen LogP contribution in [-0.4, -0.2) is 52.3 Å². The Morgan fingerprint density at radius 3 is 2.45 bits per heavy atom. The van der Waals surface area contributed by atoms with E-state index in [1.165, 1.54) is 12.7 Å². The number of piperidine rings is 1. The third-order valence-electron chi connectivity index (χ3n) is 7.00. The number of imidazole rings is 1. The first kappa shape index (κ1) is 25.7. The van der Waals surface area contributed by atoms with E-state index in [1.54, 1.807) is 28.8 Å². The Hall–Kier alpha value is -3.98. The summed E-state index contributed by atoms with van der Waals surface area (Å²) in [5.41, 5.74) is 4.86. The second kappa shape index (κ2) is 10.8. The summed E-state index contributed by atoms with van der Waals surface area (Å²) >= 11 is 3.43. The van der Waals surface area contributed by atoms with Gasteiger partial charge in [-0.05, 0) is 95.2 Å². The van der Waals surface area contributed by atoms with Gasteiger partial charge in [0.25, 0.3) is 11.8 Å². The van der Waals surface area contributed by atoms with Crippen molar-refractivity contribution < 1.29 is 19.1 Å². The predicted molar refractivity (Wildman–Crippen MR) is 148 cm³/mol. The second-order valence-electron chi connectivity index (χ2n) is 9.38. The van der Waals surface area contributed by atoms with Crippen LogP contribution in [0.1, 0.15) is 61.1 Å². The third-order valence-corrected chi connectivity index (χ3v) is 7.47. The standard InChI is InChI=1S/C29H27BrN4O4/c1-18-15-21(29(37)38-2)5-9-24(18)28(36)33-13-11-20(12-14-33)19-3-7-23(8-4-19)32-27(35)25-16-31-26-10-6-22(30)17-34(25)26/h3-10,15-17,20H,11-14H2,1-2H3,(H,32,35). The zero-order valence-electron chi connectivity index (χ0n) is 21.1. The molecule has 1 saturated heterocycles. The number of rotatable bonds is 5. The SMILES string of the molecule is COC(=O)c1ccc(C(=O)N2CCC(c3ccc(NC(=O)c4cnc5ccc(Br)cn45)cc3)CC2)c(C)c1. The summed E-state index contributed by atoms with van der Waals surface area (Å²) in [7, 11) is 1.34. The van der Waals surface area contributed by atoms with Crippen molar-refractivity contribution in [1.82, 2.24) is 14.3 Å². The Morgan fingerprint density at radius 2 is 1.76 bits per heavy atom. The van der Waals surface area contributed by atoms with Crippen molar-refractivity contribution in [2.24, 2.45) is 0 Å². The molecule has 0 atom stereocenters. The number of carbonyl (C=O) groups excluding carboxylic acids is 3. The number of nitrogens with one attached hydrogen (secondary N) is 1. The lowest BCUT2D eigenvalue weighted by Gasteiger charge is -2.32. The number of likely N-dealkylation sites (tertiary alicyclic amines) is 1. The van der Waals surface area contributed by atoms with Gasteiger partial charge in [0.1, 0.15) is 11.3 Å². The molecule has 1 aliphatic rings. The monoisotopic (exact) mass is 574 g/mol. The largest absolute Gasteiger partial charge is 0.465 e. The summed E-state index contributed by atoms with van der Waals surface area (Å²) in [6.07, 6.45) is 5.09. The summed E-state index contributed by atoms with van der Waals surface area (Å²) in [6, 6.07) is 16.7.